The van der Waals surface area contributed by atoms with Crippen molar-refractivity contribution in [3.8, 4) is 10.6 Å². The number of nitrogens with zero attached hydrogens (tertiary/aromatic N) is 3. The summed E-state index contributed by atoms with van der Waals surface area (Å²) in [5.74, 6) is -0.318. The first-order valence-electron chi connectivity index (χ1n) is 11.4. The van der Waals surface area contributed by atoms with E-state index in [0.717, 1.165) is 41.8 Å². The fraction of sp³-hybridized carbons (Fsp3) is 0.400. The highest BCUT2D eigenvalue weighted by molar-refractivity contribution is 7.13. The fourth-order valence-corrected chi connectivity index (χ4v) is 5.73. The van der Waals surface area contributed by atoms with E-state index >= 15 is 0 Å². The zero-order valence-electron chi connectivity index (χ0n) is 18.6. The molecule has 1 aliphatic carbocycles. The first-order chi connectivity index (χ1) is 15.9. The number of aromatic nitrogens is 2. The van der Waals surface area contributed by atoms with Gasteiger partial charge in [0.2, 0.25) is 5.91 Å². The minimum Gasteiger partial charge on any atom is -0.351 e. The average Bonchev–Trinajstić information content (AvgIpc) is 3.47. The maximum absolute atomic E-state index is 13.8. The molecule has 1 fully saturated rings. The maximum atomic E-state index is 13.8. The Labute approximate surface area is 202 Å². The first kappa shape index (κ1) is 22.2. The second-order valence-corrected chi connectivity index (χ2v) is 10.5. The monoisotopic (exact) mass is 482 g/mol. The van der Waals surface area contributed by atoms with Gasteiger partial charge in [-0.05, 0) is 55.0 Å². The number of fused-ring (bicyclic) bond motifs is 1. The molecule has 2 amide bonds. The summed E-state index contributed by atoms with van der Waals surface area (Å²) in [7, 11) is 0. The van der Waals surface area contributed by atoms with Crippen LogP contribution >= 0.6 is 22.9 Å². The van der Waals surface area contributed by atoms with Crippen molar-refractivity contribution in [3.05, 3.63) is 64.1 Å². The quantitative estimate of drug-likeness (QED) is 0.548. The predicted octanol–water partition coefficient (Wildman–Crippen LogP) is 5.13. The summed E-state index contributed by atoms with van der Waals surface area (Å²) in [5, 5.41) is 10.5. The molecule has 2 aromatic heterocycles. The van der Waals surface area contributed by atoms with E-state index in [1.54, 1.807) is 27.0 Å². The van der Waals surface area contributed by atoms with Crippen molar-refractivity contribution < 1.29 is 9.59 Å². The number of amides is 2. The van der Waals surface area contributed by atoms with Gasteiger partial charge in [0.25, 0.3) is 5.91 Å². The van der Waals surface area contributed by atoms with E-state index in [1.165, 1.54) is 6.42 Å². The third kappa shape index (κ3) is 4.32. The fourth-order valence-electron chi connectivity index (χ4n) is 4.84. The van der Waals surface area contributed by atoms with E-state index < -0.39 is 5.54 Å². The van der Waals surface area contributed by atoms with E-state index in [-0.39, 0.29) is 17.9 Å². The van der Waals surface area contributed by atoms with Crippen LogP contribution < -0.4 is 5.32 Å². The number of carbonyl (C=O) groups is 2. The zero-order valence-corrected chi connectivity index (χ0v) is 20.2. The molecule has 3 heterocycles. The van der Waals surface area contributed by atoms with Gasteiger partial charge >= 0.3 is 0 Å². The average molecular weight is 483 g/mol. The van der Waals surface area contributed by atoms with Crippen LogP contribution in [0.4, 0.5) is 0 Å². The van der Waals surface area contributed by atoms with E-state index in [4.69, 9.17) is 16.7 Å². The van der Waals surface area contributed by atoms with Crippen LogP contribution in [0.25, 0.3) is 10.6 Å². The summed E-state index contributed by atoms with van der Waals surface area (Å²) in [4.78, 5) is 30.1. The Balaban J connectivity index is 1.51. The van der Waals surface area contributed by atoms with Crippen molar-refractivity contribution >= 4 is 34.8 Å². The Morgan fingerprint density at radius 2 is 2.03 bits per heavy atom. The second kappa shape index (κ2) is 8.95. The lowest BCUT2D eigenvalue weighted by Gasteiger charge is -2.44. The number of rotatable bonds is 5. The van der Waals surface area contributed by atoms with E-state index in [9.17, 15) is 9.59 Å². The normalized spacial score (nSPS) is 21.2. The van der Waals surface area contributed by atoms with Crippen LogP contribution in [0.5, 0.6) is 0 Å². The Hall–Kier alpha value is -2.64. The minimum absolute atomic E-state index is 0.122. The number of hydrogen-bond acceptors (Lipinski definition) is 4. The molecule has 1 atom stereocenters. The summed E-state index contributed by atoms with van der Waals surface area (Å²) in [6.07, 6.45) is 5.44. The highest BCUT2D eigenvalue weighted by Crippen LogP contribution is 2.33. The minimum atomic E-state index is -1.07. The number of hydrogen-bond donors (Lipinski definition) is 1. The molecule has 5 rings (SSSR count). The molecule has 0 radical (unpaired) electrons. The summed E-state index contributed by atoms with van der Waals surface area (Å²) in [5.41, 5.74) is 1.08. The maximum Gasteiger partial charge on any atom is 0.273 e. The predicted molar refractivity (Wildman–Crippen MR) is 130 cm³/mol. The van der Waals surface area contributed by atoms with Crippen LogP contribution in [-0.2, 0) is 17.9 Å². The first-order valence-corrected chi connectivity index (χ1v) is 12.7. The smallest absolute Gasteiger partial charge is 0.273 e. The van der Waals surface area contributed by atoms with Crippen LogP contribution in [0.2, 0.25) is 5.02 Å². The van der Waals surface area contributed by atoms with Crippen molar-refractivity contribution in [3.63, 3.8) is 0 Å². The van der Waals surface area contributed by atoms with Gasteiger partial charge in [-0.3, -0.25) is 14.3 Å². The van der Waals surface area contributed by atoms with Crippen molar-refractivity contribution in [2.75, 3.05) is 0 Å². The molecule has 8 heteroatoms. The second-order valence-electron chi connectivity index (χ2n) is 9.15. The number of carbonyl (C=O) groups excluding carboxylic acids is 2. The summed E-state index contributed by atoms with van der Waals surface area (Å²) in [6.45, 7) is 2.45. The van der Waals surface area contributed by atoms with Crippen LogP contribution in [0.15, 0.2) is 47.8 Å². The molecular weight excluding hydrogens is 456 g/mol. The van der Waals surface area contributed by atoms with Crippen LogP contribution in [0.3, 0.4) is 0 Å². The molecule has 172 valence electrons. The molecule has 3 aromatic rings. The largest absolute Gasteiger partial charge is 0.351 e. The van der Waals surface area contributed by atoms with Gasteiger partial charge in [0.15, 0.2) is 0 Å². The highest BCUT2D eigenvalue weighted by atomic mass is 35.5. The molecule has 1 aromatic carbocycles. The number of thiophene rings is 1. The van der Waals surface area contributed by atoms with Crippen LogP contribution in [0, 0.1) is 0 Å². The van der Waals surface area contributed by atoms with Crippen molar-refractivity contribution in [2.45, 2.75) is 63.7 Å². The molecule has 1 N–H and O–H groups in total. The molecule has 1 saturated carbocycles. The van der Waals surface area contributed by atoms with Crippen molar-refractivity contribution in [1.82, 2.24) is 20.0 Å². The zero-order chi connectivity index (χ0) is 23.0. The van der Waals surface area contributed by atoms with Gasteiger partial charge in [-0.2, -0.15) is 5.10 Å². The summed E-state index contributed by atoms with van der Waals surface area (Å²) >= 11 is 7.79. The Kier molecular flexibility index (Phi) is 6.01. The molecule has 33 heavy (non-hydrogen) atoms. The Morgan fingerprint density at radius 1 is 1.21 bits per heavy atom. The number of nitrogens with one attached hydrogen (secondary N) is 1. The number of halogens is 1. The molecule has 0 bridgehead atoms. The SMILES string of the molecule is C[C@]1(C(=O)NC2CCCCC2)Cn2nc(-c3cccs3)cc2C(=O)N1Cc1cccc(Cl)c1. The molecular formula is C25H27ClN4O2S. The molecule has 2 aliphatic rings. The molecule has 0 spiro atoms. The van der Waals surface area contributed by atoms with E-state index in [0.29, 0.717) is 23.8 Å². The Bertz CT molecular complexity index is 1170. The third-order valence-electron chi connectivity index (χ3n) is 6.73. The topological polar surface area (TPSA) is 67.2 Å². The van der Waals surface area contributed by atoms with Crippen molar-refractivity contribution in [1.29, 1.82) is 0 Å². The van der Waals surface area contributed by atoms with Crippen LogP contribution in [-0.4, -0.2) is 38.1 Å². The van der Waals surface area contributed by atoms with Gasteiger partial charge in [-0.1, -0.05) is 49.1 Å². The summed E-state index contributed by atoms with van der Waals surface area (Å²) in [6, 6.07) is 13.4. The van der Waals surface area contributed by atoms with Gasteiger partial charge < -0.3 is 10.2 Å². The lowest BCUT2D eigenvalue weighted by molar-refractivity contribution is -0.134. The molecule has 0 saturated heterocycles. The standard InChI is InChI=1S/C25H27ClN4O2S/c1-25(24(32)27-19-9-3-2-4-10-19)16-30-21(14-20(28-30)22-11-6-12-33-22)23(31)29(25)15-17-7-5-8-18(26)13-17/h5-8,11-14,19H,2-4,9-10,15-16H2,1H3,(H,27,32)/t25-/m1/s1. The Morgan fingerprint density at radius 3 is 2.76 bits per heavy atom. The van der Waals surface area contributed by atoms with Gasteiger partial charge in [0.05, 0.1) is 11.4 Å². The van der Waals surface area contributed by atoms with E-state index in [1.807, 2.05) is 48.7 Å². The molecule has 6 nitrogen and oxygen atoms in total. The lowest BCUT2D eigenvalue weighted by Crippen LogP contribution is -2.64. The van der Waals surface area contributed by atoms with Crippen LogP contribution in [0.1, 0.15) is 55.1 Å². The molecule has 1 aliphatic heterocycles. The number of benzene rings is 1. The van der Waals surface area contributed by atoms with Gasteiger partial charge in [-0.15, -0.1) is 11.3 Å². The third-order valence-corrected chi connectivity index (χ3v) is 7.86. The van der Waals surface area contributed by atoms with E-state index in [2.05, 4.69) is 5.32 Å². The van der Waals surface area contributed by atoms with Crippen molar-refractivity contribution in [2.24, 2.45) is 0 Å². The highest BCUT2D eigenvalue weighted by Gasteiger charge is 2.48. The lowest BCUT2D eigenvalue weighted by atomic mass is 9.91. The summed E-state index contributed by atoms with van der Waals surface area (Å²) < 4.78 is 1.70. The van der Waals surface area contributed by atoms with Gasteiger partial charge in [0, 0.05) is 17.6 Å². The van der Waals surface area contributed by atoms with Gasteiger partial charge in [-0.25, -0.2) is 0 Å². The van der Waals surface area contributed by atoms with Gasteiger partial charge in [0.1, 0.15) is 16.9 Å². The molecule has 0 unspecified atom stereocenters.